The minimum Gasteiger partial charge on any atom is -0.481 e. The van der Waals surface area contributed by atoms with Gasteiger partial charge in [-0.2, -0.15) is 5.26 Å². The summed E-state index contributed by atoms with van der Waals surface area (Å²) >= 11 is 3.30. The minimum atomic E-state index is -1.45. The fraction of sp³-hybridized carbons (Fsp3) is 0.364. The summed E-state index contributed by atoms with van der Waals surface area (Å²) in [6, 6.07) is 19.3. The average Bonchev–Trinajstić information content (AvgIpc) is 3.49. The number of para-hydroxylation sites is 1. The number of ether oxygens (including phenoxy) is 3. The highest BCUT2D eigenvalue weighted by Crippen LogP contribution is 2.52. The van der Waals surface area contributed by atoms with E-state index in [2.05, 4.69) is 24.8 Å². The van der Waals surface area contributed by atoms with Gasteiger partial charge in [0.25, 0.3) is 0 Å². The van der Waals surface area contributed by atoms with Gasteiger partial charge in [-0.15, -0.1) is 23.5 Å². The Kier molecular flexibility index (Phi) is 9.67. The maximum Gasteiger partial charge on any atom is 0.231 e. The van der Waals surface area contributed by atoms with Gasteiger partial charge in [-0.25, -0.2) is 9.97 Å². The van der Waals surface area contributed by atoms with Gasteiger partial charge in [0.15, 0.2) is 11.5 Å². The highest BCUT2D eigenvalue weighted by Gasteiger charge is 2.45. The fourth-order valence-electron chi connectivity index (χ4n) is 5.50. The lowest BCUT2D eigenvalue weighted by molar-refractivity contribution is 0.00259. The van der Waals surface area contributed by atoms with E-state index >= 15 is 0 Å². The van der Waals surface area contributed by atoms with Gasteiger partial charge in [0.1, 0.15) is 5.60 Å². The van der Waals surface area contributed by atoms with Crippen LogP contribution in [0.15, 0.2) is 64.6 Å². The van der Waals surface area contributed by atoms with E-state index in [1.807, 2.05) is 62.6 Å². The molecular formula is C33H36N4O4S2. The molecule has 1 aliphatic heterocycles. The van der Waals surface area contributed by atoms with Gasteiger partial charge >= 0.3 is 0 Å². The smallest absolute Gasteiger partial charge is 0.231 e. The third-order valence-electron chi connectivity index (χ3n) is 7.46. The van der Waals surface area contributed by atoms with Gasteiger partial charge in [0.2, 0.25) is 12.7 Å². The molecular weight excluding hydrogens is 581 g/mol. The van der Waals surface area contributed by atoms with Crippen LogP contribution in [0.4, 0.5) is 0 Å². The Balaban J connectivity index is 1.85. The number of nitriles is 1. The number of rotatable bonds is 12. The lowest BCUT2D eigenvalue weighted by atomic mass is 9.71. The summed E-state index contributed by atoms with van der Waals surface area (Å²) in [7, 11) is 5.58. The van der Waals surface area contributed by atoms with Crippen LogP contribution >= 0.6 is 23.5 Å². The zero-order valence-electron chi connectivity index (χ0n) is 25.1. The Bertz CT molecular complexity index is 1630. The topological polar surface area (TPSA) is 101 Å². The van der Waals surface area contributed by atoms with Crippen molar-refractivity contribution in [3.05, 3.63) is 76.9 Å². The molecule has 2 atom stereocenters. The van der Waals surface area contributed by atoms with E-state index in [9.17, 15) is 10.4 Å². The fourth-order valence-corrected chi connectivity index (χ4v) is 6.90. The average molecular weight is 617 g/mol. The zero-order valence-corrected chi connectivity index (χ0v) is 26.7. The molecule has 0 saturated carbocycles. The molecule has 5 rings (SSSR count). The summed E-state index contributed by atoms with van der Waals surface area (Å²) in [4.78, 5) is 11.8. The Labute approximate surface area is 261 Å². The van der Waals surface area contributed by atoms with Crippen LogP contribution < -0.4 is 14.2 Å². The molecule has 0 fully saturated rings. The molecule has 2 aromatic heterocycles. The molecule has 0 radical (unpaired) electrons. The van der Waals surface area contributed by atoms with Gasteiger partial charge in [0, 0.05) is 23.1 Å². The SMILES string of the molecule is CCSc1cc([C@](O)(CCN(C)C)[C@@H](c2cc3cc(C#N)ccc3nc2OC)c2cccc3c2OCO3)cc(SCC)n1. The van der Waals surface area contributed by atoms with Crippen molar-refractivity contribution >= 4 is 34.4 Å². The third kappa shape index (κ3) is 6.41. The Morgan fingerprint density at radius 1 is 1.02 bits per heavy atom. The van der Waals surface area contributed by atoms with Crippen LogP contribution in [0.25, 0.3) is 10.9 Å². The molecule has 0 bridgehead atoms. The highest BCUT2D eigenvalue weighted by molar-refractivity contribution is 7.99. The summed E-state index contributed by atoms with van der Waals surface area (Å²) in [6.07, 6.45) is 0.394. The number of methoxy groups -OCH3 is 1. The normalized spacial score (nSPS) is 14.5. The summed E-state index contributed by atoms with van der Waals surface area (Å²) < 4.78 is 17.8. The van der Waals surface area contributed by atoms with Crippen LogP contribution in [0.5, 0.6) is 17.4 Å². The van der Waals surface area contributed by atoms with Gasteiger partial charge in [-0.1, -0.05) is 26.0 Å². The predicted molar refractivity (Wildman–Crippen MR) is 172 cm³/mol. The molecule has 3 heterocycles. The van der Waals surface area contributed by atoms with Crippen molar-refractivity contribution in [2.75, 3.05) is 46.0 Å². The molecule has 0 unspecified atom stereocenters. The van der Waals surface area contributed by atoms with Crippen LogP contribution in [0, 0.1) is 11.3 Å². The van der Waals surface area contributed by atoms with E-state index in [-0.39, 0.29) is 6.79 Å². The zero-order chi connectivity index (χ0) is 30.6. The van der Waals surface area contributed by atoms with Gasteiger partial charge in [-0.3, -0.25) is 0 Å². The first-order valence-corrected chi connectivity index (χ1v) is 16.2. The van der Waals surface area contributed by atoms with Crippen molar-refractivity contribution in [2.45, 2.75) is 41.8 Å². The molecule has 0 aliphatic carbocycles. The number of pyridine rings is 2. The quantitative estimate of drug-likeness (QED) is 0.179. The van der Waals surface area contributed by atoms with E-state index in [1.54, 1.807) is 36.7 Å². The second-order valence-electron chi connectivity index (χ2n) is 10.5. The molecule has 0 amide bonds. The number of hydrogen-bond donors (Lipinski definition) is 1. The second kappa shape index (κ2) is 13.4. The monoisotopic (exact) mass is 616 g/mol. The number of aliphatic hydroxyl groups is 1. The van der Waals surface area contributed by atoms with E-state index in [1.165, 1.54) is 0 Å². The molecule has 10 heteroatoms. The van der Waals surface area contributed by atoms with Crippen LogP contribution in [0.2, 0.25) is 0 Å². The summed E-state index contributed by atoms with van der Waals surface area (Å²) in [5.41, 5.74) is 1.97. The number of nitrogens with zero attached hydrogens (tertiary/aromatic N) is 4. The molecule has 1 aliphatic rings. The molecule has 224 valence electrons. The van der Waals surface area contributed by atoms with E-state index < -0.39 is 11.5 Å². The first-order chi connectivity index (χ1) is 20.8. The van der Waals surface area contributed by atoms with Gasteiger partial charge in [0.05, 0.1) is 40.2 Å². The molecule has 1 N–H and O–H groups in total. The van der Waals surface area contributed by atoms with Crippen molar-refractivity contribution in [3.63, 3.8) is 0 Å². The highest BCUT2D eigenvalue weighted by atomic mass is 32.2. The van der Waals surface area contributed by atoms with E-state index in [4.69, 9.17) is 24.2 Å². The molecule has 2 aromatic carbocycles. The lowest BCUT2D eigenvalue weighted by Gasteiger charge is -2.39. The van der Waals surface area contributed by atoms with E-state index in [0.717, 1.165) is 38.1 Å². The van der Waals surface area contributed by atoms with Crippen molar-refractivity contribution < 1.29 is 19.3 Å². The van der Waals surface area contributed by atoms with Crippen LogP contribution in [-0.4, -0.2) is 66.0 Å². The van der Waals surface area contributed by atoms with Crippen LogP contribution in [0.1, 0.15) is 48.4 Å². The Hall–Kier alpha value is -3.49. The van der Waals surface area contributed by atoms with Crippen molar-refractivity contribution in [1.29, 1.82) is 5.26 Å². The van der Waals surface area contributed by atoms with E-state index in [0.29, 0.717) is 47.0 Å². The first kappa shape index (κ1) is 31.0. The van der Waals surface area contributed by atoms with Gasteiger partial charge < -0.3 is 24.2 Å². The van der Waals surface area contributed by atoms with Crippen molar-refractivity contribution in [2.24, 2.45) is 0 Å². The predicted octanol–water partition coefficient (Wildman–Crippen LogP) is 6.43. The standard InChI is InChI=1S/C33H36N4O4S2/c1-6-42-28-17-23(18-29(36-28)43-7-2)33(38,13-14-37(3)4)30(24-9-8-10-27-31(24)41-20-40-27)25-16-22-15-21(19-34)11-12-26(22)35-32(25)39-5/h8-12,15-18,30,38H,6-7,13-14,20H2,1-5H3/t30-,33-/m1/s1. The largest absolute Gasteiger partial charge is 0.481 e. The molecule has 0 saturated heterocycles. The minimum absolute atomic E-state index is 0.0949. The maximum atomic E-state index is 13.3. The number of hydrogen-bond acceptors (Lipinski definition) is 10. The van der Waals surface area contributed by atoms with Gasteiger partial charge in [-0.05, 0) is 80.0 Å². The molecule has 8 nitrogen and oxygen atoms in total. The summed E-state index contributed by atoms with van der Waals surface area (Å²) in [5.74, 6) is 2.63. The number of fused-ring (bicyclic) bond motifs is 2. The Morgan fingerprint density at radius 3 is 2.42 bits per heavy atom. The third-order valence-corrected chi connectivity index (χ3v) is 9.05. The number of thioether (sulfide) groups is 2. The number of aromatic nitrogens is 2. The first-order valence-electron chi connectivity index (χ1n) is 14.2. The maximum absolute atomic E-state index is 13.3. The molecule has 43 heavy (non-hydrogen) atoms. The van der Waals surface area contributed by atoms with Crippen LogP contribution in [0.3, 0.4) is 0 Å². The Morgan fingerprint density at radius 2 is 1.77 bits per heavy atom. The van der Waals surface area contributed by atoms with Crippen molar-refractivity contribution in [3.8, 4) is 23.4 Å². The second-order valence-corrected chi connectivity index (χ2v) is 13.1. The van der Waals surface area contributed by atoms with Crippen molar-refractivity contribution in [1.82, 2.24) is 14.9 Å². The lowest BCUT2D eigenvalue weighted by Crippen LogP contribution is -2.38. The van der Waals surface area contributed by atoms with Crippen LogP contribution in [-0.2, 0) is 5.60 Å². The number of benzene rings is 2. The molecule has 0 spiro atoms. The summed E-state index contributed by atoms with van der Waals surface area (Å²) in [5, 5.41) is 25.4. The molecule has 4 aromatic rings. The summed E-state index contributed by atoms with van der Waals surface area (Å²) in [6.45, 7) is 4.89.